The Kier molecular flexibility index (Phi) is 75.2. The highest BCUT2D eigenvalue weighted by Gasteiger charge is 2.30. The van der Waals surface area contributed by atoms with Crippen molar-refractivity contribution in [2.45, 2.75) is 367 Å². The summed E-state index contributed by atoms with van der Waals surface area (Å²) < 4.78 is 68.7. The van der Waals surface area contributed by atoms with E-state index in [0.29, 0.717) is 25.7 Å². The van der Waals surface area contributed by atoms with Crippen LogP contribution in [0.4, 0.5) is 0 Å². The molecule has 0 fully saturated rings. The minimum atomic E-state index is -4.99. The lowest BCUT2D eigenvalue weighted by atomic mass is 10.0. The van der Waals surface area contributed by atoms with E-state index >= 15 is 0 Å². The van der Waals surface area contributed by atoms with Gasteiger partial charge in [-0.3, -0.25) is 37.3 Å². The molecule has 0 rings (SSSR count). The molecule has 5 atom stereocenters. The molecule has 5 unspecified atom stereocenters. The Labute approximate surface area is 644 Å². The van der Waals surface area contributed by atoms with Gasteiger partial charge in [0.25, 0.3) is 0 Å². The standard InChI is InChI=1S/C87H150O17P2/c1-5-9-13-17-21-25-29-33-36-38-40-42-45-48-51-55-59-63-67-71-84(89)97-77-82(103-86(91)73-69-65-61-57-53-47-32-28-24-20-16-12-8-4)79-101-105(93,94)99-75-81(88)76-100-106(95,96)102-80-83(104-87(92)74-70-66-62-58-54-50-44-35-31-27-23-19-15-11-7-3)78-98-85(90)72-68-64-60-56-52-49-46-43-41-39-37-34-30-26-22-18-14-10-6-2/h10,14,21-23,25-27,33-37,40-44,49,52,81-83,88H,5-9,11-13,15-20,24,28-32,38-39,45-48,50-51,53-80H2,1-4H3,(H,93,94)(H,95,96)/b14-10-,25-21-,26-22-,27-23-,36-33-,37-34-,42-40-,43-41-,44-35-,52-49-. The molecule has 0 spiro atoms. The molecule has 0 saturated heterocycles. The first kappa shape index (κ1) is 101. The molecule has 0 saturated carbocycles. The summed E-state index contributed by atoms with van der Waals surface area (Å²) in [5, 5.41) is 10.7. The summed E-state index contributed by atoms with van der Waals surface area (Å²) >= 11 is 0. The lowest BCUT2D eigenvalue weighted by molar-refractivity contribution is -0.161. The number of carbonyl (C=O) groups is 4. The quantitative estimate of drug-likeness (QED) is 0.0169. The zero-order chi connectivity index (χ0) is 77.4. The SMILES string of the molecule is CC/C=C\C/C=C\C/C=C\C/C=C\C/C=C\CCCCCC(=O)OCC(COP(=O)(O)OCC(O)COP(=O)(O)OCC(COC(=O)CCCCCCCC/C=C\C/C=C\C/C=C\CCCCC)OC(=O)CCCCCCCCCCCCCCC)OC(=O)CCCCCCC/C=C\C/C=C\CCCCC. The van der Waals surface area contributed by atoms with Crippen molar-refractivity contribution >= 4 is 39.5 Å². The van der Waals surface area contributed by atoms with Crippen LogP contribution in [0, 0.1) is 0 Å². The van der Waals surface area contributed by atoms with Gasteiger partial charge in [-0.2, -0.15) is 0 Å². The molecule has 0 aliphatic carbocycles. The average Bonchev–Trinajstić information content (AvgIpc) is 0.933. The molecule has 3 N–H and O–H groups in total. The van der Waals surface area contributed by atoms with Crippen LogP contribution in [0.5, 0.6) is 0 Å². The van der Waals surface area contributed by atoms with Crippen LogP contribution in [0.1, 0.15) is 349 Å². The zero-order valence-corrected chi connectivity index (χ0v) is 68.6. The molecule has 0 heterocycles. The number of allylic oxidation sites excluding steroid dienone is 20. The Balaban J connectivity index is 5.39. The van der Waals surface area contributed by atoms with E-state index in [1.54, 1.807) is 0 Å². The van der Waals surface area contributed by atoms with E-state index in [2.05, 4.69) is 149 Å². The predicted molar refractivity (Wildman–Crippen MR) is 436 cm³/mol. The number of carbonyl (C=O) groups excluding carboxylic acids is 4. The number of phosphoric ester groups is 2. The molecule has 0 aliphatic heterocycles. The number of rotatable bonds is 78. The highest BCUT2D eigenvalue weighted by Crippen LogP contribution is 2.45. The van der Waals surface area contributed by atoms with Crippen LogP contribution < -0.4 is 0 Å². The van der Waals surface area contributed by atoms with Crippen molar-refractivity contribution in [3.63, 3.8) is 0 Å². The molecule has 0 amide bonds. The summed E-state index contributed by atoms with van der Waals surface area (Å²) in [4.78, 5) is 73.1. The Morgan fingerprint density at radius 1 is 0.274 bits per heavy atom. The van der Waals surface area contributed by atoms with E-state index in [9.17, 15) is 43.2 Å². The molecule has 0 aromatic rings. The van der Waals surface area contributed by atoms with Gasteiger partial charge in [-0.15, -0.1) is 0 Å². The van der Waals surface area contributed by atoms with E-state index in [1.807, 2.05) is 0 Å². The van der Waals surface area contributed by atoms with Crippen molar-refractivity contribution in [1.82, 2.24) is 0 Å². The highest BCUT2D eigenvalue weighted by atomic mass is 31.2. The van der Waals surface area contributed by atoms with Crippen molar-refractivity contribution in [2.24, 2.45) is 0 Å². The molecule has 610 valence electrons. The second-order valence-corrected chi connectivity index (χ2v) is 30.6. The van der Waals surface area contributed by atoms with Gasteiger partial charge >= 0.3 is 39.5 Å². The number of hydrogen-bond acceptors (Lipinski definition) is 15. The zero-order valence-electron chi connectivity index (χ0n) is 66.8. The summed E-state index contributed by atoms with van der Waals surface area (Å²) in [5.41, 5.74) is 0. The van der Waals surface area contributed by atoms with Crippen molar-refractivity contribution in [3.05, 3.63) is 122 Å². The topological polar surface area (TPSA) is 237 Å². The average molecular weight is 1530 g/mol. The van der Waals surface area contributed by atoms with Crippen LogP contribution in [-0.2, 0) is 65.4 Å². The maximum absolute atomic E-state index is 13.1. The summed E-state index contributed by atoms with van der Waals surface area (Å²) in [6, 6.07) is 0. The molecule has 0 aromatic carbocycles. The summed E-state index contributed by atoms with van der Waals surface area (Å²) in [6.07, 6.45) is 87.3. The van der Waals surface area contributed by atoms with E-state index in [-0.39, 0.29) is 25.7 Å². The number of aliphatic hydroxyl groups is 1. The fourth-order valence-electron chi connectivity index (χ4n) is 11.0. The maximum Gasteiger partial charge on any atom is 0.472 e. The summed E-state index contributed by atoms with van der Waals surface area (Å²) in [6.45, 7) is 4.68. The largest absolute Gasteiger partial charge is 0.472 e. The molecule has 0 aliphatic rings. The fraction of sp³-hybridized carbons (Fsp3) is 0.724. The molecule has 19 heteroatoms. The van der Waals surface area contributed by atoms with Crippen LogP contribution >= 0.6 is 15.6 Å². The Morgan fingerprint density at radius 3 is 0.783 bits per heavy atom. The minimum absolute atomic E-state index is 0.0696. The third kappa shape index (κ3) is 77.6. The van der Waals surface area contributed by atoms with Gasteiger partial charge in [-0.05, 0) is 141 Å². The van der Waals surface area contributed by atoms with Gasteiger partial charge in [0, 0.05) is 25.7 Å². The molecule has 106 heavy (non-hydrogen) atoms. The van der Waals surface area contributed by atoms with Crippen LogP contribution in [-0.4, -0.2) is 96.7 Å². The van der Waals surface area contributed by atoms with Gasteiger partial charge in [0.1, 0.15) is 19.3 Å². The van der Waals surface area contributed by atoms with Crippen molar-refractivity contribution in [3.8, 4) is 0 Å². The van der Waals surface area contributed by atoms with E-state index in [4.69, 9.17) is 37.0 Å². The predicted octanol–water partition coefficient (Wildman–Crippen LogP) is 24.7. The maximum atomic E-state index is 13.1. The number of esters is 4. The first-order chi connectivity index (χ1) is 51.7. The van der Waals surface area contributed by atoms with Crippen molar-refractivity contribution in [2.75, 3.05) is 39.6 Å². The van der Waals surface area contributed by atoms with Crippen LogP contribution in [0.2, 0.25) is 0 Å². The Bertz CT molecular complexity index is 2480. The molecule has 0 aromatic heterocycles. The Morgan fingerprint density at radius 2 is 0.491 bits per heavy atom. The second kappa shape index (κ2) is 78.6. The van der Waals surface area contributed by atoms with Crippen LogP contribution in [0.3, 0.4) is 0 Å². The second-order valence-electron chi connectivity index (χ2n) is 27.7. The monoisotopic (exact) mass is 1530 g/mol. The van der Waals surface area contributed by atoms with E-state index in [1.165, 1.54) is 89.9 Å². The van der Waals surface area contributed by atoms with Crippen LogP contribution in [0.25, 0.3) is 0 Å². The number of aliphatic hydroxyl groups excluding tert-OH is 1. The van der Waals surface area contributed by atoms with Gasteiger partial charge in [-0.1, -0.05) is 303 Å². The summed E-state index contributed by atoms with van der Waals surface area (Å²) in [7, 11) is -9.98. The molecule has 0 radical (unpaired) electrons. The van der Waals surface area contributed by atoms with Crippen LogP contribution in [0.15, 0.2) is 122 Å². The minimum Gasteiger partial charge on any atom is -0.462 e. The summed E-state index contributed by atoms with van der Waals surface area (Å²) in [5.74, 6) is -2.23. The normalized spacial score (nSPS) is 14.4. The molecule has 0 bridgehead atoms. The smallest absolute Gasteiger partial charge is 0.462 e. The first-order valence-electron chi connectivity index (χ1n) is 41.8. The molecular weight excluding hydrogens is 1380 g/mol. The van der Waals surface area contributed by atoms with E-state index in [0.717, 1.165) is 180 Å². The lowest BCUT2D eigenvalue weighted by Gasteiger charge is -2.21. The van der Waals surface area contributed by atoms with Gasteiger partial charge in [0.2, 0.25) is 0 Å². The fourth-order valence-corrected chi connectivity index (χ4v) is 12.6. The van der Waals surface area contributed by atoms with Gasteiger partial charge in [0.15, 0.2) is 12.2 Å². The number of hydrogen-bond donors (Lipinski definition) is 3. The van der Waals surface area contributed by atoms with Gasteiger partial charge < -0.3 is 33.8 Å². The van der Waals surface area contributed by atoms with Gasteiger partial charge in [-0.25, -0.2) is 9.13 Å². The molecular formula is C87H150O17P2. The van der Waals surface area contributed by atoms with Crippen molar-refractivity contribution < 1.29 is 80.2 Å². The number of unbranched alkanes of at least 4 members (excludes halogenated alkanes) is 32. The highest BCUT2D eigenvalue weighted by molar-refractivity contribution is 7.47. The first-order valence-corrected chi connectivity index (χ1v) is 44.8. The third-order valence-electron chi connectivity index (χ3n) is 17.4. The van der Waals surface area contributed by atoms with Crippen molar-refractivity contribution in [1.29, 1.82) is 0 Å². The Hall–Kier alpha value is -4.54. The number of phosphoric acid groups is 2. The van der Waals surface area contributed by atoms with Gasteiger partial charge in [0.05, 0.1) is 26.4 Å². The molecule has 17 nitrogen and oxygen atoms in total. The lowest BCUT2D eigenvalue weighted by Crippen LogP contribution is -2.30. The number of ether oxygens (including phenoxy) is 4. The van der Waals surface area contributed by atoms with E-state index < -0.39 is 97.5 Å². The third-order valence-corrected chi connectivity index (χ3v) is 19.3.